The van der Waals surface area contributed by atoms with Crippen molar-refractivity contribution in [3.63, 3.8) is 0 Å². The van der Waals surface area contributed by atoms with Gasteiger partial charge in [-0.15, -0.1) is 0 Å². The second-order valence-corrected chi connectivity index (χ2v) is 5.03. The van der Waals surface area contributed by atoms with Crippen LogP contribution in [0.3, 0.4) is 0 Å². The number of aromatic amines is 1. The number of H-pyrrole nitrogens is 1. The Bertz CT molecular complexity index is 892. The molecule has 0 aliphatic carbocycles. The Hall–Kier alpha value is -2.47. The molecule has 0 aliphatic heterocycles. The molecular weight excluding hydrogens is 317 g/mol. The summed E-state index contributed by atoms with van der Waals surface area (Å²) in [6.07, 6.45) is 0. The monoisotopic (exact) mass is 324 g/mol. The number of fused-ring (bicyclic) bond motifs is 1. The molecule has 3 rings (SSSR count). The van der Waals surface area contributed by atoms with E-state index in [1.54, 1.807) is 18.2 Å². The molecule has 1 amide bonds. The number of rotatable bonds is 2. The lowest BCUT2D eigenvalue weighted by Crippen LogP contribution is -2.14. The maximum absolute atomic E-state index is 13.5. The molecule has 1 aromatic heterocycles. The SMILES string of the molecule is O=C(Nc1ccc(F)c(F)c1F)c1cc2cc(Cl)ccc2[nH]1. The van der Waals surface area contributed by atoms with Crippen LogP contribution < -0.4 is 5.32 Å². The van der Waals surface area contributed by atoms with E-state index in [2.05, 4.69) is 10.3 Å². The summed E-state index contributed by atoms with van der Waals surface area (Å²) >= 11 is 5.85. The Morgan fingerprint density at radius 2 is 1.82 bits per heavy atom. The van der Waals surface area contributed by atoms with Crippen LogP contribution in [0.2, 0.25) is 5.02 Å². The van der Waals surface area contributed by atoms with Crippen LogP contribution in [0.5, 0.6) is 0 Å². The number of amides is 1. The average Bonchev–Trinajstić information content (AvgIpc) is 2.91. The fourth-order valence-corrected chi connectivity index (χ4v) is 2.22. The van der Waals surface area contributed by atoms with Crippen molar-refractivity contribution in [3.8, 4) is 0 Å². The van der Waals surface area contributed by atoms with Gasteiger partial charge in [-0.2, -0.15) is 0 Å². The number of halogens is 4. The number of benzene rings is 2. The molecule has 0 spiro atoms. The second-order valence-electron chi connectivity index (χ2n) is 4.59. The lowest BCUT2D eigenvalue weighted by molar-refractivity contribution is 0.102. The molecule has 1 heterocycles. The maximum atomic E-state index is 13.5. The van der Waals surface area contributed by atoms with E-state index in [9.17, 15) is 18.0 Å². The molecule has 0 radical (unpaired) electrons. The third-order valence-corrected chi connectivity index (χ3v) is 3.35. The Kier molecular flexibility index (Phi) is 3.54. The van der Waals surface area contributed by atoms with Crippen LogP contribution in [0.15, 0.2) is 36.4 Å². The normalized spacial score (nSPS) is 10.9. The van der Waals surface area contributed by atoms with Gasteiger partial charge in [-0.25, -0.2) is 13.2 Å². The molecule has 7 heteroatoms. The number of aromatic nitrogens is 1. The van der Waals surface area contributed by atoms with Crippen molar-refractivity contribution >= 4 is 34.1 Å². The van der Waals surface area contributed by atoms with Gasteiger partial charge in [0.25, 0.3) is 5.91 Å². The Balaban J connectivity index is 1.92. The molecular formula is C15H8ClF3N2O. The predicted molar refractivity (Wildman–Crippen MR) is 77.6 cm³/mol. The summed E-state index contributed by atoms with van der Waals surface area (Å²) in [7, 11) is 0. The molecule has 3 aromatic rings. The van der Waals surface area contributed by atoms with Crippen LogP contribution in [0, 0.1) is 17.5 Å². The summed E-state index contributed by atoms with van der Waals surface area (Å²) in [5, 5.41) is 3.39. The van der Waals surface area contributed by atoms with Crippen molar-refractivity contribution < 1.29 is 18.0 Å². The fraction of sp³-hybridized carbons (Fsp3) is 0. The summed E-state index contributed by atoms with van der Waals surface area (Å²) in [5.74, 6) is -5.10. The van der Waals surface area contributed by atoms with Gasteiger partial charge in [-0.05, 0) is 36.4 Å². The van der Waals surface area contributed by atoms with E-state index in [4.69, 9.17) is 11.6 Å². The highest BCUT2D eigenvalue weighted by Crippen LogP contribution is 2.23. The highest BCUT2D eigenvalue weighted by Gasteiger charge is 2.17. The Morgan fingerprint density at radius 3 is 2.59 bits per heavy atom. The van der Waals surface area contributed by atoms with Crippen molar-refractivity contribution in [1.29, 1.82) is 0 Å². The van der Waals surface area contributed by atoms with Crippen LogP contribution in [-0.4, -0.2) is 10.9 Å². The zero-order valence-electron chi connectivity index (χ0n) is 10.9. The molecule has 0 saturated carbocycles. The van der Waals surface area contributed by atoms with Crippen molar-refractivity contribution in [1.82, 2.24) is 4.98 Å². The van der Waals surface area contributed by atoms with Crippen LogP contribution >= 0.6 is 11.6 Å². The zero-order chi connectivity index (χ0) is 15.9. The number of carbonyl (C=O) groups excluding carboxylic acids is 1. The average molecular weight is 325 g/mol. The van der Waals surface area contributed by atoms with E-state index in [1.807, 2.05) is 0 Å². The van der Waals surface area contributed by atoms with Gasteiger partial charge in [0.1, 0.15) is 5.69 Å². The molecule has 0 unspecified atom stereocenters. The number of carbonyl (C=O) groups is 1. The van der Waals surface area contributed by atoms with Gasteiger partial charge in [0.05, 0.1) is 5.69 Å². The zero-order valence-corrected chi connectivity index (χ0v) is 11.6. The van der Waals surface area contributed by atoms with E-state index in [1.165, 1.54) is 6.07 Å². The summed E-state index contributed by atoms with van der Waals surface area (Å²) < 4.78 is 39.5. The fourth-order valence-electron chi connectivity index (χ4n) is 2.04. The van der Waals surface area contributed by atoms with E-state index >= 15 is 0 Å². The first kappa shape index (κ1) is 14.5. The van der Waals surface area contributed by atoms with Crippen molar-refractivity contribution in [2.45, 2.75) is 0 Å². The summed E-state index contributed by atoms with van der Waals surface area (Å²) in [6.45, 7) is 0. The number of hydrogen-bond donors (Lipinski definition) is 2. The first-order valence-electron chi connectivity index (χ1n) is 6.19. The molecule has 3 nitrogen and oxygen atoms in total. The van der Waals surface area contributed by atoms with E-state index < -0.39 is 29.0 Å². The Labute approximate surface area is 127 Å². The van der Waals surface area contributed by atoms with Gasteiger partial charge in [0.2, 0.25) is 0 Å². The van der Waals surface area contributed by atoms with Gasteiger partial charge >= 0.3 is 0 Å². The molecule has 22 heavy (non-hydrogen) atoms. The topological polar surface area (TPSA) is 44.9 Å². The summed E-state index contributed by atoms with van der Waals surface area (Å²) in [5.41, 5.74) is 0.363. The molecule has 0 atom stereocenters. The number of hydrogen-bond acceptors (Lipinski definition) is 1. The molecule has 2 N–H and O–H groups in total. The highest BCUT2D eigenvalue weighted by molar-refractivity contribution is 6.31. The first-order chi connectivity index (χ1) is 10.5. The number of nitrogens with one attached hydrogen (secondary N) is 2. The molecule has 0 fully saturated rings. The summed E-state index contributed by atoms with van der Waals surface area (Å²) in [6, 6.07) is 8.20. The molecule has 112 valence electrons. The van der Waals surface area contributed by atoms with Crippen LogP contribution in [0.1, 0.15) is 10.5 Å². The van der Waals surface area contributed by atoms with Crippen LogP contribution in [-0.2, 0) is 0 Å². The highest BCUT2D eigenvalue weighted by atomic mass is 35.5. The maximum Gasteiger partial charge on any atom is 0.272 e. The van der Waals surface area contributed by atoms with Crippen LogP contribution in [0.25, 0.3) is 10.9 Å². The lowest BCUT2D eigenvalue weighted by atomic mass is 10.2. The Morgan fingerprint density at radius 1 is 1.05 bits per heavy atom. The third-order valence-electron chi connectivity index (χ3n) is 3.11. The third kappa shape index (κ3) is 2.53. The summed E-state index contributed by atoms with van der Waals surface area (Å²) in [4.78, 5) is 14.9. The lowest BCUT2D eigenvalue weighted by Gasteiger charge is -2.06. The molecule has 0 bridgehead atoms. The predicted octanol–water partition coefficient (Wildman–Crippen LogP) is 4.49. The number of anilines is 1. The minimum atomic E-state index is -1.64. The standard InChI is InChI=1S/C15H8ClF3N2O/c16-8-1-3-10-7(5-8)6-12(20-10)15(22)21-11-4-2-9(17)13(18)14(11)19/h1-6,20H,(H,21,22). The molecule has 2 aromatic carbocycles. The molecule has 0 saturated heterocycles. The first-order valence-corrected chi connectivity index (χ1v) is 6.56. The second kappa shape index (κ2) is 5.38. The van der Waals surface area contributed by atoms with E-state index in [0.717, 1.165) is 12.1 Å². The van der Waals surface area contributed by atoms with Gasteiger partial charge in [-0.3, -0.25) is 4.79 Å². The van der Waals surface area contributed by atoms with E-state index in [0.29, 0.717) is 15.9 Å². The minimum absolute atomic E-state index is 0.140. The van der Waals surface area contributed by atoms with Crippen molar-refractivity contribution in [3.05, 3.63) is 64.6 Å². The van der Waals surface area contributed by atoms with Crippen LogP contribution in [0.4, 0.5) is 18.9 Å². The quantitative estimate of drug-likeness (QED) is 0.670. The van der Waals surface area contributed by atoms with Gasteiger partial charge in [0, 0.05) is 15.9 Å². The van der Waals surface area contributed by atoms with E-state index in [-0.39, 0.29) is 5.69 Å². The van der Waals surface area contributed by atoms with Crippen molar-refractivity contribution in [2.75, 3.05) is 5.32 Å². The van der Waals surface area contributed by atoms with Gasteiger partial charge in [-0.1, -0.05) is 11.6 Å². The smallest absolute Gasteiger partial charge is 0.272 e. The van der Waals surface area contributed by atoms with Gasteiger partial charge in [0.15, 0.2) is 17.5 Å². The van der Waals surface area contributed by atoms with Crippen molar-refractivity contribution in [2.24, 2.45) is 0 Å². The van der Waals surface area contributed by atoms with Gasteiger partial charge < -0.3 is 10.3 Å². The molecule has 0 aliphatic rings. The largest absolute Gasteiger partial charge is 0.351 e. The minimum Gasteiger partial charge on any atom is -0.351 e.